The summed E-state index contributed by atoms with van der Waals surface area (Å²) in [5, 5.41) is 24.9. The molecule has 2 aromatic rings. The summed E-state index contributed by atoms with van der Waals surface area (Å²) in [6, 6.07) is 8.68. The van der Waals surface area contributed by atoms with E-state index in [1.54, 1.807) is 11.3 Å². The SMILES string of the molecule is CC(C)(Cc1ccc2sccc2c1)NC[C@@H](O)CO. The van der Waals surface area contributed by atoms with Crippen molar-refractivity contribution in [1.29, 1.82) is 0 Å². The third-order valence-corrected chi connectivity index (χ3v) is 4.09. The lowest BCUT2D eigenvalue weighted by Gasteiger charge is -2.27. The Kier molecular flexibility index (Phi) is 4.58. The fourth-order valence-electron chi connectivity index (χ4n) is 2.16. The Bertz CT molecular complexity index is 536. The molecule has 0 aliphatic rings. The first-order valence-electron chi connectivity index (χ1n) is 6.50. The molecule has 0 bridgehead atoms. The zero-order valence-corrected chi connectivity index (χ0v) is 12.2. The molecule has 0 saturated heterocycles. The summed E-state index contributed by atoms with van der Waals surface area (Å²) < 4.78 is 1.31. The molecule has 1 atom stereocenters. The molecule has 0 aliphatic carbocycles. The summed E-state index contributed by atoms with van der Waals surface area (Å²) in [4.78, 5) is 0. The van der Waals surface area contributed by atoms with Crippen LogP contribution < -0.4 is 5.32 Å². The van der Waals surface area contributed by atoms with Gasteiger partial charge in [-0.15, -0.1) is 11.3 Å². The summed E-state index contributed by atoms with van der Waals surface area (Å²) in [6.45, 7) is 4.41. The quantitative estimate of drug-likeness (QED) is 0.759. The van der Waals surface area contributed by atoms with Crippen LogP contribution in [0.4, 0.5) is 0 Å². The number of hydrogen-bond acceptors (Lipinski definition) is 4. The predicted octanol–water partition coefficient (Wildman–Crippen LogP) is 2.17. The van der Waals surface area contributed by atoms with Crippen molar-refractivity contribution in [2.24, 2.45) is 0 Å². The number of hydrogen-bond donors (Lipinski definition) is 3. The number of aliphatic hydroxyl groups is 2. The lowest BCUT2D eigenvalue weighted by atomic mass is 9.94. The molecular formula is C15H21NO2S. The van der Waals surface area contributed by atoms with E-state index in [2.05, 4.69) is 48.8 Å². The van der Waals surface area contributed by atoms with Gasteiger partial charge in [0.05, 0.1) is 12.7 Å². The lowest BCUT2D eigenvalue weighted by Crippen LogP contribution is -2.45. The predicted molar refractivity (Wildman–Crippen MR) is 80.7 cm³/mol. The Hall–Kier alpha value is -0.940. The summed E-state index contributed by atoms with van der Waals surface area (Å²) >= 11 is 1.75. The molecule has 0 radical (unpaired) electrons. The van der Waals surface area contributed by atoms with Crippen molar-refractivity contribution < 1.29 is 10.2 Å². The standard InChI is InChI=1S/C15H21NO2S/c1-15(2,16-9-13(18)10-17)8-11-3-4-14-12(7-11)5-6-19-14/h3-7,13,16-18H,8-10H2,1-2H3/t13-/m1/s1. The topological polar surface area (TPSA) is 52.5 Å². The summed E-state index contributed by atoms with van der Waals surface area (Å²) in [6.07, 6.45) is 0.190. The van der Waals surface area contributed by atoms with E-state index in [-0.39, 0.29) is 12.1 Å². The van der Waals surface area contributed by atoms with Crippen LogP contribution in [0.3, 0.4) is 0 Å². The van der Waals surface area contributed by atoms with Crippen molar-refractivity contribution in [3.8, 4) is 0 Å². The first-order valence-corrected chi connectivity index (χ1v) is 7.38. The van der Waals surface area contributed by atoms with Gasteiger partial charge in [0.2, 0.25) is 0 Å². The van der Waals surface area contributed by atoms with E-state index in [0.717, 1.165) is 6.42 Å². The number of aliphatic hydroxyl groups excluding tert-OH is 2. The smallest absolute Gasteiger partial charge is 0.0895 e. The van der Waals surface area contributed by atoms with Crippen molar-refractivity contribution in [2.75, 3.05) is 13.2 Å². The van der Waals surface area contributed by atoms with Gasteiger partial charge in [-0.3, -0.25) is 0 Å². The minimum Gasteiger partial charge on any atom is -0.394 e. The van der Waals surface area contributed by atoms with Gasteiger partial charge in [-0.25, -0.2) is 0 Å². The fraction of sp³-hybridized carbons (Fsp3) is 0.467. The van der Waals surface area contributed by atoms with E-state index >= 15 is 0 Å². The van der Waals surface area contributed by atoms with Crippen molar-refractivity contribution in [1.82, 2.24) is 5.32 Å². The molecule has 1 heterocycles. The van der Waals surface area contributed by atoms with E-state index in [1.807, 2.05) is 0 Å². The Morgan fingerprint density at radius 3 is 2.84 bits per heavy atom. The molecule has 19 heavy (non-hydrogen) atoms. The average Bonchev–Trinajstić information content (AvgIpc) is 2.83. The number of thiophene rings is 1. The maximum Gasteiger partial charge on any atom is 0.0895 e. The normalized spacial score (nSPS) is 13.9. The van der Waals surface area contributed by atoms with Crippen LogP contribution >= 0.6 is 11.3 Å². The van der Waals surface area contributed by atoms with E-state index in [4.69, 9.17) is 5.11 Å². The van der Waals surface area contributed by atoms with Crippen LogP contribution in [0.5, 0.6) is 0 Å². The molecular weight excluding hydrogens is 258 g/mol. The Labute approximate surface area is 117 Å². The molecule has 0 unspecified atom stereocenters. The number of β-amino-alcohol motifs (C(OH)–C–C–N with tert-alkyl or cyclic N) is 1. The third-order valence-electron chi connectivity index (χ3n) is 3.19. The van der Waals surface area contributed by atoms with Gasteiger partial charge < -0.3 is 15.5 Å². The number of fused-ring (bicyclic) bond motifs is 1. The largest absolute Gasteiger partial charge is 0.394 e. The highest BCUT2D eigenvalue weighted by molar-refractivity contribution is 7.17. The van der Waals surface area contributed by atoms with Gasteiger partial charge in [0.25, 0.3) is 0 Å². The second-order valence-electron chi connectivity index (χ2n) is 5.57. The number of nitrogens with one attached hydrogen (secondary N) is 1. The molecule has 0 fully saturated rings. The molecule has 0 saturated carbocycles. The second-order valence-corrected chi connectivity index (χ2v) is 6.52. The molecule has 4 heteroatoms. The molecule has 3 nitrogen and oxygen atoms in total. The highest BCUT2D eigenvalue weighted by atomic mass is 32.1. The Balaban J connectivity index is 2.01. The first kappa shape index (κ1) is 14.5. The van der Waals surface area contributed by atoms with Gasteiger partial charge in [-0.1, -0.05) is 12.1 Å². The molecule has 2 rings (SSSR count). The molecule has 104 valence electrons. The van der Waals surface area contributed by atoms with Gasteiger partial charge in [0.15, 0.2) is 0 Å². The lowest BCUT2D eigenvalue weighted by molar-refractivity contribution is 0.0878. The van der Waals surface area contributed by atoms with Gasteiger partial charge in [-0.2, -0.15) is 0 Å². The fourth-order valence-corrected chi connectivity index (χ4v) is 2.93. The third kappa shape index (κ3) is 4.01. The summed E-state index contributed by atoms with van der Waals surface area (Å²) in [5.74, 6) is 0. The highest BCUT2D eigenvalue weighted by Crippen LogP contribution is 2.23. The molecule has 0 amide bonds. The van der Waals surface area contributed by atoms with Gasteiger partial charge in [-0.05, 0) is 48.7 Å². The van der Waals surface area contributed by atoms with Crippen molar-refractivity contribution in [3.05, 3.63) is 35.2 Å². The van der Waals surface area contributed by atoms with E-state index in [9.17, 15) is 5.11 Å². The van der Waals surface area contributed by atoms with E-state index in [0.29, 0.717) is 6.54 Å². The second kappa shape index (κ2) is 6.01. The van der Waals surface area contributed by atoms with Crippen LogP contribution in [0.15, 0.2) is 29.6 Å². The van der Waals surface area contributed by atoms with Gasteiger partial charge in [0, 0.05) is 16.8 Å². The number of benzene rings is 1. The van der Waals surface area contributed by atoms with E-state index in [1.165, 1.54) is 15.6 Å². The molecule has 1 aromatic heterocycles. The Morgan fingerprint density at radius 2 is 2.11 bits per heavy atom. The zero-order chi connectivity index (χ0) is 13.9. The van der Waals surface area contributed by atoms with Crippen molar-refractivity contribution >= 4 is 21.4 Å². The monoisotopic (exact) mass is 279 g/mol. The van der Waals surface area contributed by atoms with Crippen molar-refractivity contribution in [2.45, 2.75) is 31.9 Å². The summed E-state index contributed by atoms with van der Waals surface area (Å²) in [7, 11) is 0. The maximum absolute atomic E-state index is 9.39. The zero-order valence-electron chi connectivity index (χ0n) is 11.4. The molecule has 1 aromatic carbocycles. The molecule has 0 aliphatic heterocycles. The minimum atomic E-state index is -0.696. The highest BCUT2D eigenvalue weighted by Gasteiger charge is 2.19. The minimum absolute atomic E-state index is 0.111. The van der Waals surface area contributed by atoms with Gasteiger partial charge in [0.1, 0.15) is 0 Å². The van der Waals surface area contributed by atoms with Crippen LogP contribution in [0.2, 0.25) is 0 Å². The van der Waals surface area contributed by atoms with Crippen molar-refractivity contribution in [3.63, 3.8) is 0 Å². The van der Waals surface area contributed by atoms with Crippen LogP contribution in [-0.2, 0) is 6.42 Å². The first-order chi connectivity index (χ1) is 9.00. The van der Waals surface area contributed by atoms with Crippen LogP contribution in [0, 0.1) is 0 Å². The van der Waals surface area contributed by atoms with Crippen LogP contribution in [0.1, 0.15) is 19.4 Å². The van der Waals surface area contributed by atoms with E-state index < -0.39 is 6.10 Å². The van der Waals surface area contributed by atoms with Gasteiger partial charge >= 0.3 is 0 Å². The number of rotatable bonds is 6. The molecule has 0 spiro atoms. The molecule has 3 N–H and O–H groups in total. The maximum atomic E-state index is 9.39. The van der Waals surface area contributed by atoms with Crippen LogP contribution in [-0.4, -0.2) is 35.0 Å². The average molecular weight is 279 g/mol. The van der Waals surface area contributed by atoms with Crippen LogP contribution in [0.25, 0.3) is 10.1 Å². The summed E-state index contributed by atoms with van der Waals surface area (Å²) in [5.41, 5.74) is 1.17. The Morgan fingerprint density at radius 1 is 1.32 bits per heavy atom.